The number of nitrogens with zero attached hydrogens (tertiary/aromatic N) is 5. The van der Waals surface area contributed by atoms with Crippen molar-refractivity contribution in [2.45, 2.75) is 45.5 Å². The molecule has 1 aromatic carbocycles. The number of fused-ring (bicyclic) bond motifs is 1. The predicted molar refractivity (Wildman–Crippen MR) is 137 cm³/mol. The van der Waals surface area contributed by atoms with E-state index in [0.29, 0.717) is 20.8 Å². The number of likely N-dealkylation sites (N-methyl/N-ethyl adjacent to an activating group) is 1. The van der Waals surface area contributed by atoms with Crippen LogP contribution in [-0.4, -0.2) is 58.1 Å². The quantitative estimate of drug-likeness (QED) is 0.262. The molecular formula is C24H21ClF5N5O4S. The molecule has 40 heavy (non-hydrogen) atoms. The Morgan fingerprint density at radius 1 is 1.18 bits per heavy atom. The Labute approximate surface area is 233 Å². The van der Waals surface area contributed by atoms with Gasteiger partial charge in [0.25, 0.3) is 5.91 Å². The van der Waals surface area contributed by atoms with Gasteiger partial charge in [-0.3, -0.25) is 9.69 Å². The number of thiazole rings is 1. The first kappa shape index (κ1) is 29.4. The topological polar surface area (TPSA) is 95.9 Å². The normalized spacial score (nSPS) is 16.2. The molecule has 0 aliphatic carbocycles. The zero-order valence-electron chi connectivity index (χ0n) is 21.6. The molecule has 214 valence electrons. The number of imide groups is 1. The van der Waals surface area contributed by atoms with Crippen molar-refractivity contribution in [2.75, 3.05) is 23.4 Å². The van der Waals surface area contributed by atoms with Gasteiger partial charge in [0.15, 0.2) is 5.82 Å². The average Bonchev–Trinajstić information content (AvgIpc) is 3.38. The van der Waals surface area contributed by atoms with Gasteiger partial charge in [-0.2, -0.15) is 13.2 Å². The summed E-state index contributed by atoms with van der Waals surface area (Å²) >= 11 is 6.47. The second kappa shape index (κ2) is 10.1. The van der Waals surface area contributed by atoms with E-state index in [1.807, 2.05) is 0 Å². The maximum Gasteiger partial charge on any atom is 0.418 e. The van der Waals surface area contributed by atoms with Gasteiger partial charge in [0.1, 0.15) is 38.6 Å². The number of carbonyl (C=O) groups is 3. The molecule has 9 nitrogen and oxygen atoms in total. The summed E-state index contributed by atoms with van der Waals surface area (Å²) in [6, 6.07) is -0.582. The highest BCUT2D eigenvalue weighted by molar-refractivity contribution is 7.18. The van der Waals surface area contributed by atoms with Crippen LogP contribution in [0.25, 0.3) is 10.3 Å². The van der Waals surface area contributed by atoms with Crippen LogP contribution in [-0.2, 0) is 15.7 Å². The fourth-order valence-electron chi connectivity index (χ4n) is 3.97. The maximum absolute atomic E-state index is 14.7. The summed E-state index contributed by atoms with van der Waals surface area (Å²) in [7, 11) is 1.10. The summed E-state index contributed by atoms with van der Waals surface area (Å²) in [5.74, 6) is -3.99. The molecule has 1 saturated heterocycles. The lowest BCUT2D eigenvalue weighted by atomic mass is 10.2. The van der Waals surface area contributed by atoms with Crippen LogP contribution in [0.15, 0.2) is 18.2 Å². The first-order chi connectivity index (χ1) is 18.4. The molecule has 0 N–H and O–H groups in total. The van der Waals surface area contributed by atoms with Crippen molar-refractivity contribution in [3.05, 3.63) is 45.4 Å². The smallest absolute Gasteiger partial charge is 0.418 e. The number of anilines is 2. The highest BCUT2D eigenvalue weighted by atomic mass is 35.5. The summed E-state index contributed by atoms with van der Waals surface area (Å²) in [6.45, 7) is 5.38. The summed E-state index contributed by atoms with van der Waals surface area (Å²) in [5, 5.41) is -0.626. The SMILES string of the molecule is Cc1nc2c(C(F)(F)F)cc(N3C(=O)N(C(=O)OC(C)(C)C)C[C@H]3C(=O)N(C)c3ccc(F)c(Cl)c3F)nc2s1. The van der Waals surface area contributed by atoms with Crippen LogP contribution in [0.2, 0.25) is 5.02 Å². The second-order valence-electron chi connectivity index (χ2n) is 9.76. The number of halogens is 6. The van der Waals surface area contributed by atoms with E-state index >= 15 is 0 Å². The van der Waals surface area contributed by atoms with Crippen molar-refractivity contribution in [3.63, 3.8) is 0 Å². The van der Waals surface area contributed by atoms with E-state index < -0.39 is 81.6 Å². The molecule has 0 radical (unpaired) electrons. The first-order valence-corrected chi connectivity index (χ1v) is 12.7. The van der Waals surface area contributed by atoms with Gasteiger partial charge < -0.3 is 9.64 Å². The molecule has 0 spiro atoms. The van der Waals surface area contributed by atoms with Crippen molar-refractivity contribution >= 4 is 62.8 Å². The van der Waals surface area contributed by atoms with Crippen molar-refractivity contribution in [1.29, 1.82) is 0 Å². The molecule has 1 aliphatic heterocycles. The molecule has 1 fully saturated rings. The number of aryl methyl sites for hydroxylation is 1. The number of hydrogen-bond donors (Lipinski definition) is 0. The van der Waals surface area contributed by atoms with E-state index in [0.717, 1.165) is 30.5 Å². The number of alkyl halides is 3. The summed E-state index contributed by atoms with van der Waals surface area (Å²) in [6.07, 6.45) is -6.07. The minimum Gasteiger partial charge on any atom is -0.443 e. The molecule has 0 bridgehead atoms. The largest absolute Gasteiger partial charge is 0.443 e. The van der Waals surface area contributed by atoms with Gasteiger partial charge in [0.05, 0.1) is 22.8 Å². The zero-order valence-corrected chi connectivity index (χ0v) is 23.1. The molecule has 4 rings (SSSR count). The highest BCUT2D eigenvalue weighted by Crippen LogP contribution is 2.39. The van der Waals surface area contributed by atoms with Gasteiger partial charge in [-0.05, 0) is 45.9 Å². The van der Waals surface area contributed by atoms with E-state index in [9.17, 15) is 36.3 Å². The highest BCUT2D eigenvalue weighted by Gasteiger charge is 2.49. The Kier molecular flexibility index (Phi) is 7.43. The third kappa shape index (κ3) is 5.39. The van der Waals surface area contributed by atoms with Gasteiger partial charge in [-0.25, -0.2) is 33.2 Å². The summed E-state index contributed by atoms with van der Waals surface area (Å²) in [4.78, 5) is 49.7. The third-order valence-corrected chi connectivity index (χ3v) is 6.93. The Morgan fingerprint density at radius 2 is 1.82 bits per heavy atom. The number of aromatic nitrogens is 2. The summed E-state index contributed by atoms with van der Waals surface area (Å²) < 4.78 is 75.7. The third-order valence-electron chi connectivity index (χ3n) is 5.72. The van der Waals surface area contributed by atoms with Crippen molar-refractivity contribution in [3.8, 4) is 0 Å². The van der Waals surface area contributed by atoms with Crippen LogP contribution in [0, 0.1) is 18.6 Å². The summed E-state index contributed by atoms with van der Waals surface area (Å²) in [5.41, 5.74) is -3.19. The number of ether oxygens (including phenoxy) is 1. The monoisotopic (exact) mass is 605 g/mol. The van der Waals surface area contributed by atoms with E-state index in [1.165, 1.54) is 27.7 Å². The maximum atomic E-state index is 14.7. The number of carbonyl (C=O) groups excluding carboxylic acids is 3. The minimum absolute atomic E-state index is 0.165. The van der Waals surface area contributed by atoms with Crippen LogP contribution in [0.3, 0.4) is 0 Å². The lowest BCUT2D eigenvalue weighted by molar-refractivity contribution is -0.136. The molecule has 3 heterocycles. The van der Waals surface area contributed by atoms with Crippen molar-refractivity contribution in [1.82, 2.24) is 14.9 Å². The standard InChI is InChI=1S/C24H21ClF5N5O4S/c1-10-31-18-11(24(28,29)30)8-15(32-19(18)40-10)35-14(9-34(21(35)37)22(38)39-23(2,3)4)20(36)33(5)13-7-6-12(26)16(25)17(13)27/h6-8,14H,9H2,1-5H3/t14-/m0/s1. The minimum atomic E-state index is -4.91. The lowest BCUT2D eigenvalue weighted by Crippen LogP contribution is -2.47. The van der Waals surface area contributed by atoms with Crippen LogP contribution >= 0.6 is 22.9 Å². The van der Waals surface area contributed by atoms with E-state index in [-0.39, 0.29) is 9.84 Å². The fraction of sp³-hybridized carbons (Fsp3) is 0.375. The Balaban J connectivity index is 1.85. The fourth-order valence-corrected chi connectivity index (χ4v) is 4.94. The van der Waals surface area contributed by atoms with Gasteiger partial charge in [0.2, 0.25) is 0 Å². The van der Waals surface area contributed by atoms with E-state index in [1.54, 1.807) is 0 Å². The van der Waals surface area contributed by atoms with Crippen LogP contribution in [0.4, 0.5) is 43.0 Å². The number of amides is 4. The molecule has 1 atom stereocenters. The Morgan fingerprint density at radius 3 is 2.42 bits per heavy atom. The first-order valence-electron chi connectivity index (χ1n) is 11.5. The molecule has 0 saturated carbocycles. The molecule has 2 aromatic heterocycles. The molecule has 0 unspecified atom stereocenters. The number of urea groups is 1. The van der Waals surface area contributed by atoms with Crippen LogP contribution in [0.5, 0.6) is 0 Å². The van der Waals surface area contributed by atoms with Gasteiger partial charge in [-0.15, -0.1) is 0 Å². The Hall–Kier alpha value is -3.59. The second-order valence-corrected chi connectivity index (χ2v) is 11.3. The number of rotatable bonds is 3. The number of benzene rings is 1. The number of pyridine rings is 1. The number of hydrogen-bond acceptors (Lipinski definition) is 7. The molecule has 16 heteroatoms. The predicted octanol–water partition coefficient (Wildman–Crippen LogP) is 6.16. The van der Waals surface area contributed by atoms with Gasteiger partial charge in [0, 0.05) is 7.05 Å². The van der Waals surface area contributed by atoms with Crippen LogP contribution in [0.1, 0.15) is 31.3 Å². The molecule has 3 aromatic rings. The van der Waals surface area contributed by atoms with Gasteiger partial charge in [-0.1, -0.05) is 22.9 Å². The molecular weight excluding hydrogens is 585 g/mol. The van der Waals surface area contributed by atoms with E-state index in [4.69, 9.17) is 16.3 Å². The van der Waals surface area contributed by atoms with Crippen molar-refractivity contribution < 1.29 is 41.1 Å². The average molecular weight is 606 g/mol. The lowest BCUT2D eigenvalue weighted by Gasteiger charge is -2.27. The zero-order chi connectivity index (χ0) is 29.9. The van der Waals surface area contributed by atoms with Crippen LogP contribution < -0.4 is 9.80 Å². The van der Waals surface area contributed by atoms with Crippen molar-refractivity contribution in [2.24, 2.45) is 0 Å². The molecule has 4 amide bonds. The van der Waals surface area contributed by atoms with E-state index in [2.05, 4.69) is 9.97 Å². The van der Waals surface area contributed by atoms with Gasteiger partial charge >= 0.3 is 18.3 Å². The molecule has 1 aliphatic rings. The Bertz CT molecular complexity index is 1540.